The van der Waals surface area contributed by atoms with Crippen molar-refractivity contribution in [3.63, 3.8) is 0 Å². The van der Waals surface area contributed by atoms with Crippen LogP contribution < -0.4 is 10.5 Å². The molecule has 0 aliphatic carbocycles. The molecule has 1 aromatic rings. The number of rotatable bonds is 10. The van der Waals surface area contributed by atoms with Crippen molar-refractivity contribution in [3.05, 3.63) is 29.8 Å². The Morgan fingerprint density at radius 1 is 1.15 bits per heavy atom. The van der Waals surface area contributed by atoms with Crippen LogP contribution in [0.4, 0.5) is 0 Å². The molecule has 3 heteroatoms. The number of methoxy groups -OCH3 is 1. The van der Waals surface area contributed by atoms with Crippen LogP contribution in [0, 0.1) is 0 Å². The Morgan fingerprint density at radius 2 is 1.90 bits per heavy atom. The summed E-state index contributed by atoms with van der Waals surface area (Å²) in [4.78, 5) is 0. The van der Waals surface area contributed by atoms with E-state index in [2.05, 4.69) is 13.8 Å². The topological polar surface area (TPSA) is 44.5 Å². The number of ether oxygens (including phenoxy) is 2. The molecule has 0 aromatic heterocycles. The quantitative estimate of drug-likeness (QED) is 0.657. The minimum Gasteiger partial charge on any atom is -0.496 e. The van der Waals surface area contributed by atoms with Gasteiger partial charge in [0.25, 0.3) is 0 Å². The maximum Gasteiger partial charge on any atom is 0.124 e. The summed E-state index contributed by atoms with van der Waals surface area (Å²) >= 11 is 0. The number of unbranched alkanes of at least 4 members (excludes halogenated alkanes) is 3. The van der Waals surface area contributed by atoms with Gasteiger partial charge in [0.1, 0.15) is 5.75 Å². The zero-order valence-corrected chi connectivity index (χ0v) is 13.1. The molecular weight excluding hydrogens is 250 g/mol. The van der Waals surface area contributed by atoms with Crippen LogP contribution >= 0.6 is 0 Å². The van der Waals surface area contributed by atoms with Gasteiger partial charge in [-0.15, -0.1) is 0 Å². The lowest BCUT2D eigenvalue weighted by Crippen LogP contribution is -2.21. The molecule has 0 heterocycles. The van der Waals surface area contributed by atoms with Crippen LogP contribution in [0.15, 0.2) is 24.3 Å². The van der Waals surface area contributed by atoms with Crippen LogP contribution in [0.5, 0.6) is 5.75 Å². The Kier molecular flexibility index (Phi) is 8.31. The number of nitrogens with two attached hydrogens (primary N) is 1. The molecule has 0 fully saturated rings. The van der Waals surface area contributed by atoms with Crippen molar-refractivity contribution in [2.45, 2.75) is 58.2 Å². The summed E-state index contributed by atoms with van der Waals surface area (Å²) in [6.07, 6.45) is 6.30. The van der Waals surface area contributed by atoms with Crippen LogP contribution in [-0.4, -0.2) is 19.8 Å². The molecule has 20 heavy (non-hydrogen) atoms. The summed E-state index contributed by atoms with van der Waals surface area (Å²) in [5.41, 5.74) is 6.91. The lowest BCUT2D eigenvalue weighted by atomic mass is 10.1. The molecule has 1 aromatic carbocycles. The van der Waals surface area contributed by atoms with E-state index in [1.54, 1.807) is 7.11 Å². The molecule has 0 aliphatic rings. The van der Waals surface area contributed by atoms with E-state index < -0.39 is 0 Å². The first-order valence-corrected chi connectivity index (χ1v) is 7.71. The minimum absolute atomic E-state index is 0.0904. The number of hydrogen-bond acceptors (Lipinski definition) is 3. The lowest BCUT2D eigenvalue weighted by Gasteiger charge is -2.23. The summed E-state index contributed by atoms with van der Waals surface area (Å²) in [5, 5.41) is 0. The van der Waals surface area contributed by atoms with Crippen LogP contribution in [0.2, 0.25) is 0 Å². The molecule has 0 amide bonds. The second-order valence-electron chi connectivity index (χ2n) is 5.26. The Balaban J connectivity index is 2.53. The van der Waals surface area contributed by atoms with Gasteiger partial charge in [0.05, 0.1) is 19.3 Å². The highest BCUT2D eigenvalue weighted by Gasteiger charge is 2.17. The van der Waals surface area contributed by atoms with Gasteiger partial charge in [-0.05, 0) is 19.4 Å². The summed E-state index contributed by atoms with van der Waals surface area (Å²) in [6, 6.07) is 7.94. The highest BCUT2D eigenvalue weighted by Crippen LogP contribution is 2.28. The monoisotopic (exact) mass is 279 g/mol. The second-order valence-corrected chi connectivity index (χ2v) is 5.26. The molecule has 0 bridgehead atoms. The maximum atomic E-state index is 6.10. The van der Waals surface area contributed by atoms with E-state index in [1.165, 1.54) is 25.7 Å². The first-order valence-electron chi connectivity index (χ1n) is 7.71. The van der Waals surface area contributed by atoms with Gasteiger partial charge in [-0.1, -0.05) is 50.8 Å². The molecule has 0 aliphatic heterocycles. The second kappa shape index (κ2) is 9.78. The molecule has 0 saturated heterocycles. The fourth-order valence-corrected chi connectivity index (χ4v) is 2.40. The molecule has 1 rings (SSSR count). The van der Waals surface area contributed by atoms with Gasteiger partial charge in [-0.25, -0.2) is 0 Å². The van der Waals surface area contributed by atoms with Crippen molar-refractivity contribution in [2.75, 3.05) is 13.7 Å². The standard InChI is InChI=1S/C17H29NO2/c1-4-5-6-7-10-14(2)20-17(13-18)15-11-8-9-12-16(15)19-3/h8-9,11-12,14,17H,4-7,10,13,18H2,1-3H3. The van der Waals surface area contributed by atoms with Gasteiger partial charge in [0.15, 0.2) is 0 Å². The molecular formula is C17H29NO2. The van der Waals surface area contributed by atoms with Crippen molar-refractivity contribution in [1.82, 2.24) is 0 Å². The average Bonchev–Trinajstić information content (AvgIpc) is 2.49. The minimum atomic E-state index is -0.0904. The molecule has 3 nitrogen and oxygen atoms in total. The third-order valence-corrected chi connectivity index (χ3v) is 3.56. The van der Waals surface area contributed by atoms with Gasteiger partial charge < -0.3 is 15.2 Å². The molecule has 114 valence electrons. The Labute approximate surface area is 123 Å². The van der Waals surface area contributed by atoms with Crippen LogP contribution in [0.25, 0.3) is 0 Å². The molecule has 2 N–H and O–H groups in total. The van der Waals surface area contributed by atoms with Gasteiger partial charge in [-0.3, -0.25) is 0 Å². The molecule has 2 unspecified atom stereocenters. The van der Waals surface area contributed by atoms with Crippen molar-refractivity contribution >= 4 is 0 Å². The van der Waals surface area contributed by atoms with Crippen molar-refractivity contribution in [3.8, 4) is 5.75 Å². The Hall–Kier alpha value is -1.06. The molecule has 2 atom stereocenters. The summed E-state index contributed by atoms with van der Waals surface area (Å²) in [5.74, 6) is 0.848. The first kappa shape index (κ1) is 17.0. The van der Waals surface area contributed by atoms with Crippen LogP contribution in [0.3, 0.4) is 0 Å². The normalized spacial score (nSPS) is 14.0. The summed E-state index contributed by atoms with van der Waals surface area (Å²) in [7, 11) is 1.68. The van der Waals surface area contributed by atoms with Gasteiger partial charge in [0.2, 0.25) is 0 Å². The highest BCUT2D eigenvalue weighted by atomic mass is 16.5. The van der Waals surface area contributed by atoms with Gasteiger partial charge >= 0.3 is 0 Å². The largest absolute Gasteiger partial charge is 0.496 e. The van der Waals surface area contributed by atoms with Gasteiger partial charge in [0, 0.05) is 12.1 Å². The third kappa shape index (κ3) is 5.51. The molecule has 0 radical (unpaired) electrons. The predicted molar refractivity (Wildman–Crippen MR) is 84.1 cm³/mol. The smallest absolute Gasteiger partial charge is 0.124 e. The van der Waals surface area contributed by atoms with E-state index >= 15 is 0 Å². The zero-order chi connectivity index (χ0) is 14.8. The number of para-hydroxylation sites is 1. The van der Waals surface area contributed by atoms with Crippen LogP contribution in [-0.2, 0) is 4.74 Å². The Bertz CT molecular complexity index is 368. The molecule has 0 spiro atoms. The van der Waals surface area contributed by atoms with E-state index in [-0.39, 0.29) is 12.2 Å². The third-order valence-electron chi connectivity index (χ3n) is 3.56. The fourth-order valence-electron chi connectivity index (χ4n) is 2.40. The predicted octanol–water partition coefficient (Wildman–Crippen LogP) is 4.07. The van der Waals surface area contributed by atoms with Gasteiger partial charge in [-0.2, -0.15) is 0 Å². The van der Waals surface area contributed by atoms with Crippen molar-refractivity contribution in [2.24, 2.45) is 5.73 Å². The summed E-state index contributed by atoms with van der Waals surface area (Å²) in [6.45, 7) is 4.83. The van der Waals surface area contributed by atoms with Crippen LogP contribution in [0.1, 0.15) is 57.6 Å². The number of benzene rings is 1. The van der Waals surface area contributed by atoms with E-state index in [9.17, 15) is 0 Å². The number of hydrogen-bond donors (Lipinski definition) is 1. The SMILES string of the molecule is CCCCCCC(C)OC(CN)c1ccccc1OC. The van der Waals surface area contributed by atoms with E-state index in [0.29, 0.717) is 6.54 Å². The van der Waals surface area contributed by atoms with Crippen molar-refractivity contribution in [1.29, 1.82) is 0 Å². The zero-order valence-electron chi connectivity index (χ0n) is 13.1. The maximum absolute atomic E-state index is 6.10. The Morgan fingerprint density at radius 3 is 2.55 bits per heavy atom. The molecule has 0 saturated carbocycles. The lowest BCUT2D eigenvalue weighted by molar-refractivity contribution is -0.00479. The van der Waals surface area contributed by atoms with E-state index in [4.69, 9.17) is 15.2 Å². The van der Waals surface area contributed by atoms with E-state index in [0.717, 1.165) is 17.7 Å². The highest BCUT2D eigenvalue weighted by molar-refractivity contribution is 5.35. The fraction of sp³-hybridized carbons (Fsp3) is 0.647. The van der Waals surface area contributed by atoms with Crippen molar-refractivity contribution < 1.29 is 9.47 Å². The van der Waals surface area contributed by atoms with E-state index in [1.807, 2.05) is 24.3 Å². The summed E-state index contributed by atoms with van der Waals surface area (Å²) < 4.78 is 11.5. The first-order chi connectivity index (χ1) is 9.72. The average molecular weight is 279 g/mol.